The van der Waals surface area contributed by atoms with E-state index in [4.69, 9.17) is 9.97 Å². The van der Waals surface area contributed by atoms with Crippen LogP contribution in [0.1, 0.15) is 44.4 Å². The van der Waals surface area contributed by atoms with Crippen LogP contribution in [0.15, 0.2) is 24.5 Å². The zero-order valence-corrected chi connectivity index (χ0v) is 15.9. The minimum absolute atomic E-state index is 0.377. The molecular formula is C21H29N5. The highest BCUT2D eigenvalue weighted by atomic mass is 15.2. The first-order chi connectivity index (χ1) is 12.7. The summed E-state index contributed by atoms with van der Waals surface area (Å²) in [5.41, 5.74) is 3.51. The van der Waals surface area contributed by atoms with Gasteiger partial charge in [0.05, 0.1) is 0 Å². The van der Waals surface area contributed by atoms with Crippen LogP contribution in [0.5, 0.6) is 0 Å². The van der Waals surface area contributed by atoms with Crippen LogP contribution in [-0.4, -0.2) is 45.5 Å². The summed E-state index contributed by atoms with van der Waals surface area (Å²) in [7, 11) is 0. The number of piperidine rings is 1. The maximum absolute atomic E-state index is 4.88. The highest BCUT2D eigenvalue weighted by molar-refractivity contribution is 5.60. The molecule has 2 unspecified atom stereocenters. The number of hydrogen-bond acceptors (Lipinski definition) is 5. The number of rotatable bonds is 5. The minimum Gasteiger partial charge on any atom is -0.366 e. The molecule has 0 bridgehead atoms. The Kier molecular flexibility index (Phi) is 5.16. The molecule has 1 saturated heterocycles. The number of anilines is 1. The maximum atomic E-state index is 4.88. The average Bonchev–Trinajstić information content (AvgIpc) is 3.11. The summed E-state index contributed by atoms with van der Waals surface area (Å²) >= 11 is 0. The van der Waals surface area contributed by atoms with Crippen LogP contribution in [0.3, 0.4) is 0 Å². The van der Waals surface area contributed by atoms with Crippen LogP contribution in [0, 0.1) is 5.92 Å². The van der Waals surface area contributed by atoms with Crippen molar-refractivity contribution in [1.29, 1.82) is 0 Å². The zero-order valence-electron chi connectivity index (χ0n) is 15.9. The van der Waals surface area contributed by atoms with Gasteiger partial charge >= 0.3 is 0 Å². The van der Waals surface area contributed by atoms with Crippen molar-refractivity contribution in [3.05, 3.63) is 35.8 Å². The monoisotopic (exact) mass is 351 g/mol. The lowest BCUT2D eigenvalue weighted by Crippen LogP contribution is -2.41. The van der Waals surface area contributed by atoms with E-state index in [9.17, 15) is 0 Å². The van der Waals surface area contributed by atoms with Crippen LogP contribution < -0.4 is 5.32 Å². The second-order valence-corrected chi connectivity index (χ2v) is 7.97. The molecule has 0 radical (unpaired) electrons. The normalized spacial score (nSPS) is 21.4. The lowest BCUT2D eigenvalue weighted by atomic mass is 10.00. The first-order valence-corrected chi connectivity index (χ1v) is 9.98. The predicted octanol–water partition coefficient (Wildman–Crippen LogP) is 3.56. The van der Waals surface area contributed by atoms with E-state index < -0.39 is 0 Å². The van der Waals surface area contributed by atoms with Crippen molar-refractivity contribution in [1.82, 2.24) is 19.9 Å². The van der Waals surface area contributed by atoms with Crippen molar-refractivity contribution in [3.8, 4) is 11.4 Å². The summed E-state index contributed by atoms with van der Waals surface area (Å²) in [6, 6.07) is 4.35. The van der Waals surface area contributed by atoms with Crippen LogP contribution in [0.4, 0.5) is 5.82 Å². The van der Waals surface area contributed by atoms with Gasteiger partial charge in [-0.2, -0.15) is 0 Å². The Labute approximate surface area is 156 Å². The van der Waals surface area contributed by atoms with Gasteiger partial charge in [0.15, 0.2) is 5.82 Å². The van der Waals surface area contributed by atoms with Crippen LogP contribution in [-0.2, 0) is 12.8 Å². The molecule has 4 rings (SSSR count). The van der Waals surface area contributed by atoms with Gasteiger partial charge in [0, 0.05) is 48.3 Å². The molecule has 138 valence electrons. The smallest absolute Gasteiger partial charge is 0.163 e. The third kappa shape index (κ3) is 3.88. The maximum Gasteiger partial charge on any atom is 0.163 e. The quantitative estimate of drug-likeness (QED) is 0.893. The van der Waals surface area contributed by atoms with Crippen molar-refractivity contribution in [2.75, 3.05) is 25.0 Å². The Morgan fingerprint density at radius 2 is 2.19 bits per heavy atom. The molecule has 3 heterocycles. The predicted molar refractivity (Wildman–Crippen MR) is 105 cm³/mol. The molecular weight excluding hydrogens is 322 g/mol. The second kappa shape index (κ2) is 7.70. The molecule has 5 heteroatoms. The molecule has 2 atom stereocenters. The van der Waals surface area contributed by atoms with Gasteiger partial charge in [-0.05, 0) is 63.6 Å². The fraction of sp³-hybridized carbons (Fsp3) is 0.571. The van der Waals surface area contributed by atoms with E-state index >= 15 is 0 Å². The first kappa shape index (κ1) is 17.4. The molecule has 2 aromatic rings. The fourth-order valence-corrected chi connectivity index (χ4v) is 4.29. The zero-order chi connectivity index (χ0) is 17.9. The highest BCUT2D eigenvalue weighted by Crippen LogP contribution is 2.29. The molecule has 1 aliphatic heterocycles. The summed E-state index contributed by atoms with van der Waals surface area (Å²) < 4.78 is 0. The summed E-state index contributed by atoms with van der Waals surface area (Å²) in [5.74, 6) is 2.64. The number of nitrogens with zero attached hydrogens (tertiary/aromatic N) is 4. The summed E-state index contributed by atoms with van der Waals surface area (Å²) in [4.78, 5) is 16.5. The molecule has 5 nitrogen and oxygen atoms in total. The largest absolute Gasteiger partial charge is 0.366 e. The molecule has 2 aliphatic rings. The number of likely N-dealkylation sites (tertiary alicyclic amines) is 1. The summed E-state index contributed by atoms with van der Waals surface area (Å²) in [6.45, 7) is 8.15. The van der Waals surface area contributed by atoms with Gasteiger partial charge in [-0.25, -0.2) is 9.97 Å². The molecule has 0 aromatic carbocycles. The second-order valence-electron chi connectivity index (χ2n) is 7.97. The van der Waals surface area contributed by atoms with E-state index in [2.05, 4.69) is 29.0 Å². The molecule has 1 N–H and O–H groups in total. The van der Waals surface area contributed by atoms with Gasteiger partial charge in [-0.1, -0.05) is 6.92 Å². The van der Waals surface area contributed by atoms with Gasteiger partial charge < -0.3 is 10.2 Å². The summed E-state index contributed by atoms with van der Waals surface area (Å²) in [5, 5.41) is 3.70. The molecule has 1 aliphatic carbocycles. The Morgan fingerprint density at radius 1 is 1.27 bits per heavy atom. The van der Waals surface area contributed by atoms with Crippen LogP contribution in [0.25, 0.3) is 11.4 Å². The van der Waals surface area contributed by atoms with E-state index in [1.54, 1.807) is 6.20 Å². The number of pyridine rings is 1. The van der Waals surface area contributed by atoms with Gasteiger partial charge in [0.2, 0.25) is 0 Å². The molecule has 0 amide bonds. The molecule has 26 heavy (non-hydrogen) atoms. The van der Waals surface area contributed by atoms with E-state index in [1.807, 2.05) is 18.3 Å². The fourth-order valence-electron chi connectivity index (χ4n) is 4.29. The Morgan fingerprint density at radius 3 is 3.00 bits per heavy atom. The topological polar surface area (TPSA) is 53.9 Å². The lowest BCUT2D eigenvalue weighted by Gasteiger charge is -2.33. The van der Waals surface area contributed by atoms with Gasteiger partial charge in [0.25, 0.3) is 0 Å². The van der Waals surface area contributed by atoms with Crippen molar-refractivity contribution in [2.24, 2.45) is 5.92 Å². The van der Waals surface area contributed by atoms with E-state index in [0.717, 1.165) is 42.5 Å². The highest BCUT2D eigenvalue weighted by Gasteiger charge is 2.22. The van der Waals surface area contributed by atoms with E-state index in [-0.39, 0.29) is 0 Å². The van der Waals surface area contributed by atoms with Gasteiger partial charge in [0.1, 0.15) is 5.82 Å². The van der Waals surface area contributed by atoms with Crippen molar-refractivity contribution < 1.29 is 0 Å². The number of hydrogen-bond donors (Lipinski definition) is 1. The van der Waals surface area contributed by atoms with Crippen molar-refractivity contribution in [2.45, 2.75) is 52.0 Å². The molecule has 0 saturated carbocycles. The SMILES string of the molecule is CC1CCCN(CC(C)Nc2nc(-c3cccnc3)nc3c2CCC3)C1. The lowest BCUT2D eigenvalue weighted by molar-refractivity contribution is 0.180. The Hall–Kier alpha value is -2.01. The van der Waals surface area contributed by atoms with Gasteiger partial charge in [-0.3, -0.25) is 4.98 Å². The molecule has 0 spiro atoms. The number of aryl methyl sites for hydroxylation is 1. The first-order valence-electron chi connectivity index (χ1n) is 9.98. The third-order valence-corrected chi connectivity index (χ3v) is 5.51. The number of fused-ring (bicyclic) bond motifs is 1. The standard InChI is InChI=1S/C21H29N5/c1-15-6-5-11-26(13-15)14-16(2)23-21-18-8-3-9-19(18)24-20(25-21)17-7-4-10-22-12-17/h4,7,10,12,15-16H,3,5-6,8-9,11,13-14H2,1-2H3,(H,23,24,25). The van der Waals surface area contributed by atoms with Gasteiger partial charge in [-0.15, -0.1) is 0 Å². The molecule has 1 fully saturated rings. The Balaban J connectivity index is 1.53. The van der Waals surface area contributed by atoms with E-state index in [0.29, 0.717) is 6.04 Å². The minimum atomic E-state index is 0.377. The Bertz CT molecular complexity index is 746. The van der Waals surface area contributed by atoms with Crippen LogP contribution in [0.2, 0.25) is 0 Å². The summed E-state index contributed by atoms with van der Waals surface area (Å²) in [6.07, 6.45) is 9.63. The third-order valence-electron chi connectivity index (χ3n) is 5.51. The van der Waals surface area contributed by atoms with Crippen molar-refractivity contribution >= 4 is 5.82 Å². The molecule has 2 aromatic heterocycles. The van der Waals surface area contributed by atoms with Crippen molar-refractivity contribution in [3.63, 3.8) is 0 Å². The number of aromatic nitrogens is 3. The average molecular weight is 351 g/mol. The van der Waals surface area contributed by atoms with Crippen LogP contribution >= 0.6 is 0 Å². The number of nitrogens with one attached hydrogen (secondary N) is 1. The van der Waals surface area contributed by atoms with E-state index in [1.165, 1.54) is 43.6 Å².